The van der Waals surface area contributed by atoms with Gasteiger partial charge in [0.1, 0.15) is 0 Å². The topological polar surface area (TPSA) is 73.7 Å². The van der Waals surface area contributed by atoms with Crippen molar-refractivity contribution in [1.29, 1.82) is 0 Å². The predicted molar refractivity (Wildman–Crippen MR) is 93.9 cm³/mol. The quantitative estimate of drug-likeness (QED) is 0.859. The number of hydrogen-bond acceptors (Lipinski definition) is 4. The van der Waals surface area contributed by atoms with Gasteiger partial charge in [0.05, 0.1) is 24.5 Å². The predicted octanol–water partition coefficient (Wildman–Crippen LogP) is 0.482. The van der Waals surface area contributed by atoms with Crippen LogP contribution in [0.15, 0.2) is 6.07 Å². The van der Waals surface area contributed by atoms with E-state index in [1.807, 2.05) is 28.3 Å². The number of amides is 3. The van der Waals surface area contributed by atoms with Crippen LogP contribution < -0.4 is 5.32 Å². The molecule has 2 aliphatic rings. The summed E-state index contributed by atoms with van der Waals surface area (Å²) >= 11 is 0. The number of nitrogens with zero attached hydrogens (tertiary/aromatic N) is 5. The lowest BCUT2D eigenvalue weighted by molar-refractivity contribution is -0.124. The van der Waals surface area contributed by atoms with Crippen molar-refractivity contribution in [2.24, 2.45) is 0 Å². The minimum Gasteiger partial charge on any atom is -0.354 e. The normalized spacial score (nSPS) is 18.5. The summed E-state index contributed by atoms with van der Waals surface area (Å²) in [6.45, 7) is 10.3. The Bertz CT molecular complexity index is 625. The monoisotopic (exact) mass is 348 g/mol. The highest BCUT2D eigenvalue weighted by molar-refractivity contribution is 5.78. The Morgan fingerprint density at radius 3 is 2.76 bits per heavy atom. The fourth-order valence-electron chi connectivity index (χ4n) is 3.51. The maximum atomic E-state index is 12.7. The lowest BCUT2D eigenvalue weighted by Gasteiger charge is -2.28. The van der Waals surface area contributed by atoms with Gasteiger partial charge in [-0.05, 0) is 26.3 Å². The van der Waals surface area contributed by atoms with Crippen molar-refractivity contribution >= 4 is 11.9 Å². The molecular weight excluding hydrogens is 320 g/mol. The molecule has 138 valence electrons. The molecule has 1 aromatic heterocycles. The Morgan fingerprint density at radius 1 is 1.24 bits per heavy atom. The fraction of sp³-hybridized carbons (Fsp3) is 0.706. The Morgan fingerprint density at radius 2 is 2.04 bits per heavy atom. The minimum absolute atomic E-state index is 0.0722. The van der Waals surface area contributed by atoms with Crippen molar-refractivity contribution in [2.45, 2.75) is 39.9 Å². The van der Waals surface area contributed by atoms with E-state index in [0.717, 1.165) is 50.5 Å². The van der Waals surface area contributed by atoms with E-state index in [1.54, 1.807) is 0 Å². The van der Waals surface area contributed by atoms with Crippen molar-refractivity contribution in [3.8, 4) is 0 Å². The number of urea groups is 1. The highest BCUT2D eigenvalue weighted by atomic mass is 16.2. The van der Waals surface area contributed by atoms with Gasteiger partial charge in [-0.3, -0.25) is 14.4 Å². The van der Waals surface area contributed by atoms with Crippen LogP contribution >= 0.6 is 0 Å². The van der Waals surface area contributed by atoms with Gasteiger partial charge in [0.15, 0.2) is 0 Å². The molecule has 0 aromatic carbocycles. The molecule has 0 radical (unpaired) electrons. The summed E-state index contributed by atoms with van der Waals surface area (Å²) in [6.07, 6.45) is 0.910. The van der Waals surface area contributed by atoms with Crippen LogP contribution in [0.3, 0.4) is 0 Å². The summed E-state index contributed by atoms with van der Waals surface area (Å²) in [5.74, 6) is 0.0722. The van der Waals surface area contributed by atoms with E-state index in [4.69, 9.17) is 5.10 Å². The molecule has 3 rings (SSSR count). The number of carbonyl (C=O) groups excluding carboxylic acids is 2. The SMILES string of the molecule is CCN(CC)C(=O)N1CCCn2nc(CN3CCNC(=O)C3)cc2C1. The number of piperazine rings is 1. The molecule has 0 unspecified atom stereocenters. The first-order valence-corrected chi connectivity index (χ1v) is 9.19. The number of aromatic nitrogens is 2. The van der Waals surface area contributed by atoms with Crippen molar-refractivity contribution < 1.29 is 9.59 Å². The molecule has 0 bridgehead atoms. The van der Waals surface area contributed by atoms with E-state index in [-0.39, 0.29) is 11.9 Å². The zero-order chi connectivity index (χ0) is 17.8. The van der Waals surface area contributed by atoms with E-state index in [1.165, 1.54) is 0 Å². The summed E-state index contributed by atoms with van der Waals surface area (Å²) in [4.78, 5) is 30.1. The van der Waals surface area contributed by atoms with Gasteiger partial charge in [-0.25, -0.2) is 4.79 Å². The molecule has 0 spiro atoms. The first-order chi connectivity index (χ1) is 12.1. The summed E-state index contributed by atoms with van der Waals surface area (Å²) in [5, 5.41) is 7.54. The van der Waals surface area contributed by atoms with Crippen LogP contribution in [0.25, 0.3) is 0 Å². The van der Waals surface area contributed by atoms with Crippen LogP contribution in [0.4, 0.5) is 4.79 Å². The number of rotatable bonds is 4. The molecule has 2 aliphatic heterocycles. The number of aryl methyl sites for hydroxylation is 1. The van der Waals surface area contributed by atoms with Crippen LogP contribution in [0.2, 0.25) is 0 Å². The molecule has 25 heavy (non-hydrogen) atoms. The molecule has 0 atom stereocenters. The molecule has 1 aromatic rings. The van der Waals surface area contributed by atoms with Crippen LogP contribution in [0, 0.1) is 0 Å². The zero-order valence-electron chi connectivity index (χ0n) is 15.2. The van der Waals surface area contributed by atoms with Crippen molar-refractivity contribution in [1.82, 2.24) is 29.8 Å². The summed E-state index contributed by atoms with van der Waals surface area (Å²) < 4.78 is 2.02. The van der Waals surface area contributed by atoms with Gasteiger partial charge in [0.2, 0.25) is 5.91 Å². The number of fused-ring (bicyclic) bond motifs is 1. The largest absolute Gasteiger partial charge is 0.354 e. The first kappa shape index (κ1) is 17.7. The lowest BCUT2D eigenvalue weighted by atomic mass is 10.3. The van der Waals surface area contributed by atoms with Gasteiger partial charge in [-0.15, -0.1) is 0 Å². The molecule has 1 N–H and O–H groups in total. The number of hydrogen-bond donors (Lipinski definition) is 1. The molecule has 8 nitrogen and oxygen atoms in total. The van der Waals surface area contributed by atoms with Crippen LogP contribution in [-0.2, 0) is 24.4 Å². The second kappa shape index (κ2) is 7.86. The molecule has 0 aliphatic carbocycles. The number of carbonyl (C=O) groups is 2. The molecule has 1 fully saturated rings. The van der Waals surface area contributed by atoms with Crippen molar-refractivity contribution in [2.75, 3.05) is 39.3 Å². The van der Waals surface area contributed by atoms with E-state index >= 15 is 0 Å². The van der Waals surface area contributed by atoms with E-state index in [0.29, 0.717) is 26.2 Å². The smallest absolute Gasteiger partial charge is 0.320 e. The van der Waals surface area contributed by atoms with Gasteiger partial charge in [-0.2, -0.15) is 5.10 Å². The van der Waals surface area contributed by atoms with Crippen LogP contribution in [0.5, 0.6) is 0 Å². The first-order valence-electron chi connectivity index (χ1n) is 9.19. The van der Waals surface area contributed by atoms with Gasteiger partial charge in [0, 0.05) is 45.8 Å². The van der Waals surface area contributed by atoms with Crippen molar-refractivity contribution in [3.63, 3.8) is 0 Å². The lowest BCUT2D eigenvalue weighted by Crippen LogP contribution is -2.47. The van der Waals surface area contributed by atoms with Crippen LogP contribution in [-0.4, -0.2) is 75.7 Å². The maximum absolute atomic E-state index is 12.7. The van der Waals surface area contributed by atoms with Gasteiger partial charge in [-0.1, -0.05) is 0 Å². The van der Waals surface area contributed by atoms with E-state index < -0.39 is 0 Å². The molecule has 0 saturated carbocycles. The van der Waals surface area contributed by atoms with Gasteiger partial charge in [0.25, 0.3) is 0 Å². The molecule has 3 amide bonds. The Labute approximate surface area is 148 Å². The molecule has 3 heterocycles. The van der Waals surface area contributed by atoms with Gasteiger partial charge >= 0.3 is 6.03 Å². The molecule has 8 heteroatoms. The van der Waals surface area contributed by atoms with Crippen molar-refractivity contribution in [3.05, 3.63) is 17.5 Å². The summed E-state index contributed by atoms with van der Waals surface area (Å²) in [5.41, 5.74) is 2.05. The third-order valence-corrected chi connectivity index (χ3v) is 4.87. The Kier molecular flexibility index (Phi) is 5.57. The third kappa shape index (κ3) is 4.12. The second-order valence-corrected chi connectivity index (χ2v) is 6.64. The van der Waals surface area contributed by atoms with E-state index in [9.17, 15) is 9.59 Å². The Hall–Kier alpha value is -2.09. The average molecular weight is 348 g/mol. The maximum Gasteiger partial charge on any atom is 0.320 e. The highest BCUT2D eigenvalue weighted by Crippen LogP contribution is 2.16. The minimum atomic E-state index is 0.0722. The van der Waals surface area contributed by atoms with E-state index in [2.05, 4.69) is 16.3 Å². The summed E-state index contributed by atoms with van der Waals surface area (Å²) in [6, 6.07) is 2.19. The zero-order valence-corrected chi connectivity index (χ0v) is 15.2. The summed E-state index contributed by atoms with van der Waals surface area (Å²) in [7, 11) is 0. The number of nitrogens with one attached hydrogen (secondary N) is 1. The van der Waals surface area contributed by atoms with Crippen LogP contribution in [0.1, 0.15) is 31.7 Å². The Balaban J connectivity index is 1.68. The molecule has 1 saturated heterocycles. The fourth-order valence-corrected chi connectivity index (χ4v) is 3.51. The standard InChI is InChI=1S/C17H28N6O2/c1-3-21(4-2)17(25)22-7-5-8-23-15(12-22)10-14(19-23)11-20-9-6-18-16(24)13-20/h10H,3-9,11-13H2,1-2H3,(H,18,24). The third-order valence-electron chi connectivity index (χ3n) is 4.87. The highest BCUT2D eigenvalue weighted by Gasteiger charge is 2.24. The van der Waals surface area contributed by atoms with Gasteiger partial charge < -0.3 is 15.1 Å². The second-order valence-electron chi connectivity index (χ2n) is 6.64. The average Bonchev–Trinajstić information content (AvgIpc) is 2.85. The molecular formula is C17H28N6O2.